The molecule has 2 aliphatic heterocycles. The molecule has 0 saturated heterocycles. The van der Waals surface area contributed by atoms with Crippen molar-refractivity contribution in [1.29, 1.82) is 0 Å². The number of carbonyl (C=O) groups excluding carboxylic acids is 3. The largest absolute Gasteiger partial charge is 0.493 e. The quantitative estimate of drug-likeness (QED) is 0.581. The first-order valence-electron chi connectivity index (χ1n) is 10.8. The minimum atomic E-state index is -0.777. The van der Waals surface area contributed by atoms with E-state index in [0.717, 1.165) is 5.76 Å². The molecule has 3 aromatic rings. The van der Waals surface area contributed by atoms with Gasteiger partial charge in [-0.05, 0) is 30.3 Å². The number of hydrogen-bond acceptors (Lipinski definition) is 6. The van der Waals surface area contributed by atoms with Crippen LogP contribution in [0, 0.1) is 0 Å². The molecule has 0 fully saturated rings. The van der Waals surface area contributed by atoms with Crippen molar-refractivity contribution in [2.45, 2.75) is 12.6 Å². The van der Waals surface area contributed by atoms with Crippen LogP contribution in [0.1, 0.15) is 38.2 Å². The molecule has 2 aromatic carbocycles. The topological polar surface area (TPSA) is 101 Å². The first kappa shape index (κ1) is 21.6. The van der Waals surface area contributed by atoms with Crippen LogP contribution in [0.15, 0.2) is 59.2 Å². The van der Waals surface area contributed by atoms with Gasteiger partial charge in [0.05, 0.1) is 37.3 Å². The number of rotatable bonds is 7. The molecular formula is C25H23N3O6. The number of para-hydroxylation sites is 1. The number of amides is 3. The summed E-state index contributed by atoms with van der Waals surface area (Å²) >= 11 is 0. The zero-order chi connectivity index (χ0) is 23.8. The van der Waals surface area contributed by atoms with Gasteiger partial charge in [0, 0.05) is 18.5 Å². The number of ether oxygens (including phenoxy) is 2. The SMILES string of the molecule is COc1ccc2c(c1OC)C(=O)N1c3ccccc3C(=O)N(CC(=O)NCCc3ccco3)C21. The molecule has 0 bridgehead atoms. The normalized spacial score (nSPS) is 16.1. The number of nitrogens with zero attached hydrogens (tertiary/aromatic N) is 2. The summed E-state index contributed by atoms with van der Waals surface area (Å²) in [6.07, 6.45) is 1.33. The number of furan rings is 1. The van der Waals surface area contributed by atoms with E-state index in [1.165, 1.54) is 19.1 Å². The summed E-state index contributed by atoms with van der Waals surface area (Å²) in [6.45, 7) is 0.146. The minimum Gasteiger partial charge on any atom is -0.493 e. The van der Waals surface area contributed by atoms with Gasteiger partial charge >= 0.3 is 0 Å². The predicted molar refractivity (Wildman–Crippen MR) is 122 cm³/mol. The lowest BCUT2D eigenvalue weighted by Crippen LogP contribution is -2.51. The van der Waals surface area contributed by atoms with E-state index in [-0.39, 0.29) is 24.3 Å². The molecule has 174 valence electrons. The Morgan fingerprint density at radius 3 is 2.59 bits per heavy atom. The summed E-state index contributed by atoms with van der Waals surface area (Å²) in [7, 11) is 2.96. The lowest BCUT2D eigenvalue weighted by molar-refractivity contribution is -0.122. The monoisotopic (exact) mass is 461 g/mol. The van der Waals surface area contributed by atoms with Crippen molar-refractivity contribution >= 4 is 23.4 Å². The van der Waals surface area contributed by atoms with E-state index in [2.05, 4.69) is 5.32 Å². The summed E-state index contributed by atoms with van der Waals surface area (Å²) in [5.74, 6) is 0.488. The van der Waals surface area contributed by atoms with Gasteiger partial charge in [0.25, 0.3) is 11.8 Å². The molecule has 1 unspecified atom stereocenters. The van der Waals surface area contributed by atoms with Crippen LogP contribution in [0.2, 0.25) is 0 Å². The molecule has 1 aromatic heterocycles. The Hall–Kier alpha value is -4.27. The lowest BCUT2D eigenvalue weighted by Gasteiger charge is -2.40. The highest BCUT2D eigenvalue weighted by atomic mass is 16.5. The third kappa shape index (κ3) is 3.37. The molecule has 0 radical (unpaired) electrons. The Labute approximate surface area is 195 Å². The number of carbonyl (C=O) groups is 3. The molecule has 1 atom stereocenters. The third-order valence-electron chi connectivity index (χ3n) is 6.07. The fraction of sp³-hybridized carbons (Fsp3) is 0.240. The van der Waals surface area contributed by atoms with Crippen LogP contribution < -0.4 is 19.7 Å². The molecule has 3 amide bonds. The van der Waals surface area contributed by atoms with E-state index in [1.807, 2.05) is 6.07 Å². The summed E-state index contributed by atoms with van der Waals surface area (Å²) < 4.78 is 16.2. The first-order valence-corrected chi connectivity index (χ1v) is 10.8. The zero-order valence-electron chi connectivity index (χ0n) is 18.7. The van der Waals surface area contributed by atoms with Gasteiger partial charge in [-0.15, -0.1) is 0 Å². The van der Waals surface area contributed by atoms with Crippen molar-refractivity contribution in [3.63, 3.8) is 0 Å². The molecule has 0 aliphatic carbocycles. The summed E-state index contributed by atoms with van der Waals surface area (Å²) in [5.41, 5.74) is 1.75. The molecule has 34 heavy (non-hydrogen) atoms. The summed E-state index contributed by atoms with van der Waals surface area (Å²) in [4.78, 5) is 42.9. The van der Waals surface area contributed by atoms with Crippen LogP contribution in [-0.2, 0) is 11.2 Å². The maximum atomic E-state index is 13.6. The second-order valence-electron chi connectivity index (χ2n) is 7.94. The highest BCUT2D eigenvalue weighted by Crippen LogP contribution is 2.49. The Morgan fingerprint density at radius 1 is 1.03 bits per heavy atom. The van der Waals surface area contributed by atoms with Crippen molar-refractivity contribution in [3.8, 4) is 11.5 Å². The van der Waals surface area contributed by atoms with Crippen LogP contribution in [0.5, 0.6) is 11.5 Å². The van der Waals surface area contributed by atoms with E-state index in [4.69, 9.17) is 13.9 Å². The van der Waals surface area contributed by atoms with Gasteiger partial charge in [-0.25, -0.2) is 0 Å². The number of hydrogen-bond donors (Lipinski definition) is 1. The Bertz CT molecular complexity index is 1270. The molecule has 3 heterocycles. The van der Waals surface area contributed by atoms with Crippen LogP contribution in [0.3, 0.4) is 0 Å². The van der Waals surface area contributed by atoms with Gasteiger partial charge < -0.3 is 24.1 Å². The van der Waals surface area contributed by atoms with Gasteiger partial charge in [0.15, 0.2) is 11.5 Å². The van der Waals surface area contributed by atoms with Crippen molar-refractivity contribution in [1.82, 2.24) is 10.2 Å². The Kier molecular flexibility index (Phi) is 5.45. The zero-order valence-corrected chi connectivity index (χ0v) is 18.7. The Morgan fingerprint density at radius 2 is 1.85 bits per heavy atom. The second kappa shape index (κ2) is 8.58. The summed E-state index contributed by atoms with van der Waals surface area (Å²) in [5, 5.41) is 2.83. The van der Waals surface area contributed by atoms with Gasteiger partial charge in [-0.3, -0.25) is 19.3 Å². The van der Waals surface area contributed by atoms with Crippen molar-refractivity contribution in [2.75, 3.05) is 32.2 Å². The fourth-order valence-electron chi connectivity index (χ4n) is 4.58. The number of anilines is 1. The van der Waals surface area contributed by atoms with Gasteiger partial charge in [-0.2, -0.15) is 0 Å². The smallest absolute Gasteiger partial charge is 0.264 e. The molecule has 1 N–H and O–H groups in total. The average molecular weight is 461 g/mol. The van der Waals surface area contributed by atoms with Gasteiger partial charge in [0.1, 0.15) is 18.5 Å². The first-order chi connectivity index (χ1) is 16.5. The molecule has 9 heteroatoms. The second-order valence-corrected chi connectivity index (χ2v) is 7.94. The number of fused-ring (bicyclic) bond motifs is 5. The molecule has 0 saturated carbocycles. The lowest BCUT2D eigenvalue weighted by atomic mass is 10.0. The molecule has 5 rings (SSSR count). The van der Waals surface area contributed by atoms with Crippen LogP contribution in [0.4, 0.5) is 5.69 Å². The van der Waals surface area contributed by atoms with E-state index in [1.54, 1.807) is 53.6 Å². The van der Waals surface area contributed by atoms with Crippen LogP contribution in [0.25, 0.3) is 0 Å². The molecule has 0 spiro atoms. The van der Waals surface area contributed by atoms with Crippen molar-refractivity contribution in [2.24, 2.45) is 0 Å². The van der Waals surface area contributed by atoms with Crippen molar-refractivity contribution < 1.29 is 28.3 Å². The number of nitrogens with one attached hydrogen (secondary N) is 1. The van der Waals surface area contributed by atoms with E-state index in [0.29, 0.717) is 46.8 Å². The minimum absolute atomic E-state index is 0.215. The summed E-state index contributed by atoms with van der Waals surface area (Å²) in [6, 6.07) is 13.9. The van der Waals surface area contributed by atoms with Crippen LogP contribution in [-0.4, -0.2) is 49.9 Å². The molecule has 2 aliphatic rings. The van der Waals surface area contributed by atoms with E-state index >= 15 is 0 Å². The number of methoxy groups -OCH3 is 2. The maximum Gasteiger partial charge on any atom is 0.264 e. The van der Waals surface area contributed by atoms with Gasteiger partial charge in [0.2, 0.25) is 5.91 Å². The van der Waals surface area contributed by atoms with Gasteiger partial charge in [-0.1, -0.05) is 18.2 Å². The molecule has 9 nitrogen and oxygen atoms in total. The van der Waals surface area contributed by atoms with E-state index < -0.39 is 6.17 Å². The highest BCUT2D eigenvalue weighted by molar-refractivity contribution is 6.18. The maximum absolute atomic E-state index is 13.6. The number of benzene rings is 2. The van der Waals surface area contributed by atoms with Crippen molar-refractivity contribution in [3.05, 3.63) is 77.2 Å². The standard InChI is InChI=1S/C25H23N3O6/c1-32-19-10-9-17-21(22(19)33-2)25(31)28-18-8-4-3-7-16(18)24(30)27(23(17)28)14-20(29)26-12-11-15-6-5-13-34-15/h3-10,13,23H,11-12,14H2,1-2H3,(H,26,29). The predicted octanol–water partition coefficient (Wildman–Crippen LogP) is 2.77. The third-order valence-corrected chi connectivity index (χ3v) is 6.07. The fourth-order valence-corrected chi connectivity index (χ4v) is 4.58. The average Bonchev–Trinajstić information content (AvgIpc) is 3.47. The van der Waals surface area contributed by atoms with Crippen LogP contribution >= 0.6 is 0 Å². The van der Waals surface area contributed by atoms with E-state index in [9.17, 15) is 14.4 Å². The molecular weight excluding hydrogens is 438 g/mol. The Balaban J connectivity index is 1.50. The highest BCUT2D eigenvalue weighted by Gasteiger charge is 2.50.